The SMILES string of the molecule is Nc1nccc2ccccc12.O=CO. The number of benzene rings is 1. The van der Waals surface area contributed by atoms with E-state index in [-0.39, 0.29) is 6.47 Å². The largest absolute Gasteiger partial charge is 0.483 e. The molecule has 1 aromatic heterocycles. The standard InChI is InChI=1S/C9H8N2.CH2O2/c10-9-8-4-2-1-3-7(8)5-6-11-9;2-1-3/h1-6H,(H2,10,11);1H,(H,2,3). The first-order chi connectivity index (χ1) is 6.79. The number of hydrogen-bond donors (Lipinski definition) is 2. The third-order valence-corrected chi connectivity index (χ3v) is 1.70. The van der Waals surface area contributed by atoms with Gasteiger partial charge in [0.15, 0.2) is 0 Å². The Morgan fingerprint density at radius 3 is 2.57 bits per heavy atom. The Labute approximate surface area is 81.0 Å². The Bertz CT molecular complexity index is 424. The van der Waals surface area contributed by atoms with Gasteiger partial charge in [-0.25, -0.2) is 4.98 Å². The van der Waals surface area contributed by atoms with Crippen LogP contribution in [0.5, 0.6) is 0 Å². The first-order valence-electron chi connectivity index (χ1n) is 3.96. The van der Waals surface area contributed by atoms with Gasteiger partial charge in [-0.2, -0.15) is 0 Å². The number of rotatable bonds is 0. The van der Waals surface area contributed by atoms with E-state index >= 15 is 0 Å². The second-order valence-corrected chi connectivity index (χ2v) is 2.52. The highest BCUT2D eigenvalue weighted by Gasteiger charge is 1.94. The second kappa shape index (κ2) is 4.81. The van der Waals surface area contributed by atoms with Crippen molar-refractivity contribution in [3.63, 3.8) is 0 Å². The van der Waals surface area contributed by atoms with Gasteiger partial charge in [0.25, 0.3) is 6.47 Å². The zero-order valence-electron chi connectivity index (χ0n) is 7.42. The van der Waals surface area contributed by atoms with Crippen molar-refractivity contribution in [1.82, 2.24) is 4.98 Å². The zero-order valence-corrected chi connectivity index (χ0v) is 7.42. The molecule has 14 heavy (non-hydrogen) atoms. The molecule has 0 aliphatic rings. The van der Waals surface area contributed by atoms with Crippen LogP contribution in [-0.4, -0.2) is 16.6 Å². The van der Waals surface area contributed by atoms with Crippen molar-refractivity contribution >= 4 is 23.1 Å². The summed E-state index contributed by atoms with van der Waals surface area (Å²) in [5.41, 5.74) is 5.65. The van der Waals surface area contributed by atoms with E-state index in [1.807, 2.05) is 30.3 Å². The molecule has 4 nitrogen and oxygen atoms in total. The lowest BCUT2D eigenvalue weighted by atomic mass is 10.2. The number of aromatic nitrogens is 1. The van der Waals surface area contributed by atoms with Crippen molar-refractivity contribution in [2.45, 2.75) is 0 Å². The van der Waals surface area contributed by atoms with Gasteiger partial charge in [0.05, 0.1) is 0 Å². The molecular weight excluding hydrogens is 180 g/mol. The molecule has 0 aliphatic carbocycles. The molecule has 0 fully saturated rings. The van der Waals surface area contributed by atoms with Gasteiger partial charge in [-0.15, -0.1) is 0 Å². The van der Waals surface area contributed by atoms with E-state index in [2.05, 4.69) is 4.98 Å². The molecule has 0 saturated carbocycles. The van der Waals surface area contributed by atoms with E-state index in [0.717, 1.165) is 10.8 Å². The molecule has 0 radical (unpaired) electrons. The van der Waals surface area contributed by atoms with Crippen LogP contribution in [0.25, 0.3) is 10.8 Å². The lowest BCUT2D eigenvalue weighted by Gasteiger charge is -1.97. The van der Waals surface area contributed by atoms with E-state index in [9.17, 15) is 0 Å². The lowest BCUT2D eigenvalue weighted by molar-refractivity contribution is -0.122. The smallest absolute Gasteiger partial charge is 0.290 e. The van der Waals surface area contributed by atoms with Gasteiger partial charge in [-0.3, -0.25) is 4.79 Å². The molecule has 1 aromatic carbocycles. The van der Waals surface area contributed by atoms with Crippen molar-refractivity contribution in [2.75, 3.05) is 5.73 Å². The molecule has 0 aliphatic heterocycles. The Morgan fingerprint density at radius 2 is 1.93 bits per heavy atom. The summed E-state index contributed by atoms with van der Waals surface area (Å²) in [5.74, 6) is 0.600. The van der Waals surface area contributed by atoms with Crippen LogP contribution >= 0.6 is 0 Å². The van der Waals surface area contributed by atoms with Crippen molar-refractivity contribution < 1.29 is 9.90 Å². The normalized spacial score (nSPS) is 8.86. The molecule has 2 aromatic rings. The van der Waals surface area contributed by atoms with Crippen molar-refractivity contribution in [3.8, 4) is 0 Å². The highest BCUT2D eigenvalue weighted by atomic mass is 16.3. The summed E-state index contributed by atoms with van der Waals surface area (Å²) >= 11 is 0. The fraction of sp³-hybridized carbons (Fsp3) is 0. The summed E-state index contributed by atoms with van der Waals surface area (Å²) in [6.45, 7) is -0.250. The summed E-state index contributed by atoms with van der Waals surface area (Å²) in [4.78, 5) is 12.3. The molecule has 0 bridgehead atoms. The minimum absolute atomic E-state index is 0.250. The molecule has 1 heterocycles. The maximum absolute atomic E-state index is 8.36. The van der Waals surface area contributed by atoms with E-state index < -0.39 is 0 Å². The van der Waals surface area contributed by atoms with Gasteiger partial charge in [-0.1, -0.05) is 24.3 Å². The second-order valence-electron chi connectivity index (χ2n) is 2.52. The van der Waals surface area contributed by atoms with Crippen LogP contribution in [-0.2, 0) is 4.79 Å². The minimum Gasteiger partial charge on any atom is -0.483 e. The van der Waals surface area contributed by atoms with Crippen LogP contribution in [0.2, 0.25) is 0 Å². The Kier molecular flexibility index (Phi) is 3.43. The lowest BCUT2D eigenvalue weighted by Crippen LogP contribution is -1.89. The number of pyridine rings is 1. The summed E-state index contributed by atoms with van der Waals surface area (Å²) in [5, 5.41) is 9.05. The van der Waals surface area contributed by atoms with E-state index in [1.165, 1.54) is 0 Å². The van der Waals surface area contributed by atoms with Crippen LogP contribution in [0.15, 0.2) is 36.5 Å². The predicted octanol–water partition coefficient (Wildman–Crippen LogP) is 1.52. The molecule has 2 rings (SSSR count). The molecule has 0 amide bonds. The number of anilines is 1. The monoisotopic (exact) mass is 190 g/mol. The minimum atomic E-state index is -0.250. The van der Waals surface area contributed by atoms with E-state index in [1.54, 1.807) is 6.20 Å². The van der Waals surface area contributed by atoms with Gasteiger partial charge in [0, 0.05) is 11.6 Å². The number of carboxylic acid groups (broad SMARTS) is 1. The summed E-state index contributed by atoms with van der Waals surface area (Å²) < 4.78 is 0. The zero-order chi connectivity index (χ0) is 10.4. The Hall–Kier alpha value is -2.10. The average Bonchev–Trinajstić information content (AvgIpc) is 2.20. The quantitative estimate of drug-likeness (QED) is 0.617. The van der Waals surface area contributed by atoms with Crippen molar-refractivity contribution in [1.29, 1.82) is 0 Å². The maximum atomic E-state index is 8.36. The summed E-state index contributed by atoms with van der Waals surface area (Å²) in [6.07, 6.45) is 1.72. The molecule has 0 spiro atoms. The third kappa shape index (κ3) is 2.20. The number of carbonyl (C=O) groups is 1. The molecule has 0 saturated heterocycles. The third-order valence-electron chi connectivity index (χ3n) is 1.70. The van der Waals surface area contributed by atoms with Crippen LogP contribution in [0, 0.1) is 0 Å². The molecule has 3 N–H and O–H groups in total. The number of nitrogens with zero attached hydrogens (tertiary/aromatic N) is 1. The van der Waals surface area contributed by atoms with Crippen molar-refractivity contribution in [3.05, 3.63) is 36.5 Å². The molecule has 0 unspecified atom stereocenters. The molecule has 0 atom stereocenters. The predicted molar refractivity (Wildman–Crippen MR) is 54.8 cm³/mol. The van der Waals surface area contributed by atoms with Gasteiger partial charge < -0.3 is 10.8 Å². The first kappa shape index (κ1) is 9.98. The first-order valence-corrected chi connectivity index (χ1v) is 3.96. The highest BCUT2D eigenvalue weighted by Crippen LogP contribution is 2.16. The fourth-order valence-electron chi connectivity index (χ4n) is 1.14. The number of hydrogen-bond acceptors (Lipinski definition) is 3. The van der Waals surface area contributed by atoms with E-state index in [4.69, 9.17) is 15.6 Å². The molecular formula is C10H10N2O2. The van der Waals surface area contributed by atoms with Gasteiger partial charge >= 0.3 is 0 Å². The summed E-state index contributed by atoms with van der Waals surface area (Å²) in [7, 11) is 0. The number of nitrogens with two attached hydrogens (primary N) is 1. The highest BCUT2D eigenvalue weighted by molar-refractivity contribution is 5.90. The average molecular weight is 190 g/mol. The van der Waals surface area contributed by atoms with Crippen molar-refractivity contribution in [2.24, 2.45) is 0 Å². The fourth-order valence-corrected chi connectivity index (χ4v) is 1.14. The topological polar surface area (TPSA) is 76.2 Å². The van der Waals surface area contributed by atoms with Crippen LogP contribution in [0.1, 0.15) is 0 Å². The summed E-state index contributed by atoms with van der Waals surface area (Å²) in [6, 6.07) is 9.89. The Morgan fingerprint density at radius 1 is 1.29 bits per heavy atom. The molecule has 72 valence electrons. The van der Waals surface area contributed by atoms with Crippen LogP contribution in [0.4, 0.5) is 5.82 Å². The van der Waals surface area contributed by atoms with Gasteiger partial charge in [-0.05, 0) is 11.5 Å². The van der Waals surface area contributed by atoms with Crippen LogP contribution < -0.4 is 5.73 Å². The maximum Gasteiger partial charge on any atom is 0.290 e. The van der Waals surface area contributed by atoms with Gasteiger partial charge in [0.1, 0.15) is 5.82 Å². The van der Waals surface area contributed by atoms with E-state index in [0.29, 0.717) is 5.82 Å². The number of fused-ring (bicyclic) bond motifs is 1. The molecule has 4 heteroatoms. The Balaban J connectivity index is 0.000000293. The van der Waals surface area contributed by atoms with Crippen LogP contribution in [0.3, 0.4) is 0 Å². The number of nitrogen functional groups attached to an aromatic ring is 1. The van der Waals surface area contributed by atoms with Gasteiger partial charge in [0.2, 0.25) is 0 Å².